The van der Waals surface area contributed by atoms with E-state index in [0.29, 0.717) is 0 Å². The van der Waals surface area contributed by atoms with Gasteiger partial charge in [0.05, 0.1) is 13.4 Å². The smallest absolute Gasteiger partial charge is 0.375 e. The van der Waals surface area contributed by atoms with Gasteiger partial charge in [-0.1, -0.05) is 42.5 Å². The van der Waals surface area contributed by atoms with Crippen LogP contribution in [0.4, 0.5) is 0 Å². The number of carbonyl (C=O) groups is 1. The largest absolute Gasteiger partial charge is 0.497 e. The number of furan rings is 1. The van der Waals surface area contributed by atoms with Gasteiger partial charge in [0.2, 0.25) is 5.76 Å². The summed E-state index contributed by atoms with van der Waals surface area (Å²) in [7, 11) is 1.61. The van der Waals surface area contributed by atoms with Crippen molar-refractivity contribution in [2.24, 2.45) is 0 Å². The molecular formula is C19H16O4. The molecule has 0 fully saturated rings. The highest BCUT2D eigenvalue weighted by Crippen LogP contribution is 2.25. The van der Waals surface area contributed by atoms with Gasteiger partial charge in [0.1, 0.15) is 12.4 Å². The van der Waals surface area contributed by atoms with E-state index in [1.807, 2.05) is 54.6 Å². The Kier molecular flexibility index (Phi) is 4.43. The van der Waals surface area contributed by atoms with Gasteiger partial charge in [-0.15, -0.1) is 0 Å². The summed E-state index contributed by atoms with van der Waals surface area (Å²) in [6.45, 7) is 0.178. The van der Waals surface area contributed by atoms with E-state index in [4.69, 9.17) is 13.9 Å². The van der Waals surface area contributed by atoms with E-state index in [2.05, 4.69) is 0 Å². The minimum atomic E-state index is -0.482. The molecule has 23 heavy (non-hydrogen) atoms. The standard InChI is InChI=1S/C19H16O4/c1-21-16-9-7-14(8-10-16)13-23-19(20)18-17(11-12-22-18)15-5-3-2-4-6-15/h2-12H,13H2,1H3. The molecule has 0 aliphatic rings. The molecule has 0 radical (unpaired) electrons. The summed E-state index contributed by atoms with van der Waals surface area (Å²) >= 11 is 0. The molecule has 2 aromatic carbocycles. The molecule has 0 unspecified atom stereocenters. The summed E-state index contributed by atoms with van der Waals surface area (Å²) in [5, 5.41) is 0. The van der Waals surface area contributed by atoms with Gasteiger partial charge >= 0.3 is 5.97 Å². The number of ether oxygens (including phenoxy) is 2. The van der Waals surface area contributed by atoms with E-state index < -0.39 is 5.97 Å². The molecule has 1 aromatic heterocycles. The Morgan fingerprint density at radius 3 is 2.43 bits per heavy atom. The monoisotopic (exact) mass is 308 g/mol. The van der Waals surface area contributed by atoms with Crippen LogP contribution in [0.15, 0.2) is 71.3 Å². The van der Waals surface area contributed by atoms with E-state index in [9.17, 15) is 4.79 Å². The van der Waals surface area contributed by atoms with Crippen molar-refractivity contribution < 1.29 is 18.7 Å². The third kappa shape index (κ3) is 3.43. The first kappa shape index (κ1) is 14.9. The van der Waals surface area contributed by atoms with Gasteiger partial charge < -0.3 is 13.9 Å². The fourth-order valence-electron chi connectivity index (χ4n) is 2.25. The first-order valence-electron chi connectivity index (χ1n) is 7.21. The maximum atomic E-state index is 12.3. The average molecular weight is 308 g/mol. The molecule has 0 bridgehead atoms. The zero-order chi connectivity index (χ0) is 16.1. The number of carbonyl (C=O) groups excluding carboxylic acids is 1. The molecule has 3 rings (SSSR count). The van der Waals surface area contributed by atoms with E-state index in [1.165, 1.54) is 6.26 Å². The van der Waals surface area contributed by atoms with Gasteiger partial charge in [0.25, 0.3) is 0 Å². The summed E-state index contributed by atoms with van der Waals surface area (Å²) in [6.07, 6.45) is 1.49. The average Bonchev–Trinajstić information content (AvgIpc) is 3.11. The predicted octanol–water partition coefficient (Wildman–Crippen LogP) is 4.31. The van der Waals surface area contributed by atoms with Gasteiger partial charge in [-0.05, 0) is 29.3 Å². The van der Waals surface area contributed by atoms with Crippen LogP contribution in [0, 0.1) is 0 Å². The van der Waals surface area contributed by atoms with Crippen LogP contribution in [0.2, 0.25) is 0 Å². The van der Waals surface area contributed by atoms with Crippen LogP contribution in [-0.4, -0.2) is 13.1 Å². The van der Waals surface area contributed by atoms with E-state index in [1.54, 1.807) is 13.2 Å². The minimum absolute atomic E-state index is 0.178. The summed E-state index contributed by atoms with van der Waals surface area (Å²) in [5.74, 6) is 0.492. The number of hydrogen-bond donors (Lipinski definition) is 0. The lowest BCUT2D eigenvalue weighted by Crippen LogP contribution is -2.05. The van der Waals surface area contributed by atoms with Crippen LogP contribution in [-0.2, 0) is 11.3 Å². The molecule has 0 N–H and O–H groups in total. The number of rotatable bonds is 5. The van der Waals surface area contributed by atoms with Gasteiger partial charge in [-0.3, -0.25) is 0 Å². The number of methoxy groups -OCH3 is 1. The molecule has 0 spiro atoms. The zero-order valence-corrected chi connectivity index (χ0v) is 12.7. The Labute approximate surface area is 134 Å². The summed E-state index contributed by atoms with van der Waals surface area (Å²) < 4.78 is 15.7. The minimum Gasteiger partial charge on any atom is -0.497 e. The van der Waals surface area contributed by atoms with Crippen molar-refractivity contribution in [1.82, 2.24) is 0 Å². The lowest BCUT2D eigenvalue weighted by Gasteiger charge is -2.06. The fraction of sp³-hybridized carbons (Fsp3) is 0.105. The molecule has 0 aliphatic carbocycles. The van der Waals surface area contributed by atoms with Gasteiger partial charge in [0.15, 0.2) is 0 Å². The molecule has 3 aromatic rings. The normalized spacial score (nSPS) is 10.3. The Bertz CT molecular complexity index is 773. The quantitative estimate of drug-likeness (QED) is 0.659. The first-order valence-corrected chi connectivity index (χ1v) is 7.21. The molecule has 0 amide bonds. The van der Waals surface area contributed by atoms with Crippen molar-refractivity contribution in [1.29, 1.82) is 0 Å². The highest BCUT2D eigenvalue weighted by molar-refractivity contribution is 5.94. The predicted molar refractivity (Wildman–Crippen MR) is 86.3 cm³/mol. The molecule has 4 nitrogen and oxygen atoms in total. The Balaban J connectivity index is 1.70. The molecule has 0 aliphatic heterocycles. The first-order chi connectivity index (χ1) is 11.3. The van der Waals surface area contributed by atoms with Crippen LogP contribution < -0.4 is 4.74 Å². The van der Waals surface area contributed by atoms with Crippen molar-refractivity contribution in [3.05, 3.63) is 78.3 Å². The maximum absolute atomic E-state index is 12.3. The van der Waals surface area contributed by atoms with Gasteiger partial charge in [-0.2, -0.15) is 0 Å². The third-order valence-corrected chi connectivity index (χ3v) is 3.46. The second kappa shape index (κ2) is 6.83. The van der Waals surface area contributed by atoms with Crippen molar-refractivity contribution in [2.75, 3.05) is 7.11 Å². The number of hydrogen-bond acceptors (Lipinski definition) is 4. The van der Waals surface area contributed by atoms with Crippen LogP contribution in [0.1, 0.15) is 16.1 Å². The van der Waals surface area contributed by atoms with Crippen molar-refractivity contribution in [3.63, 3.8) is 0 Å². The van der Waals surface area contributed by atoms with Crippen molar-refractivity contribution in [3.8, 4) is 16.9 Å². The van der Waals surface area contributed by atoms with E-state index in [-0.39, 0.29) is 12.4 Å². The maximum Gasteiger partial charge on any atom is 0.375 e. The van der Waals surface area contributed by atoms with Gasteiger partial charge in [0, 0.05) is 5.56 Å². The molecule has 0 atom stereocenters. The lowest BCUT2D eigenvalue weighted by molar-refractivity contribution is 0.0437. The highest BCUT2D eigenvalue weighted by atomic mass is 16.5. The summed E-state index contributed by atoms with van der Waals surface area (Å²) in [5.41, 5.74) is 2.52. The molecule has 1 heterocycles. The Hall–Kier alpha value is -3.01. The summed E-state index contributed by atoms with van der Waals surface area (Å²) in [4.78, 5) is 12.3. The van der Waals surface area contributed by atoms with Gasteiger partial charge in [-0.25, -0.2) is 4.79 Å². The van der Waals surface area contributed by atoms with E-state index >= 15 is 0 Å². The van der Waals surface area contributed by atoms with Crippen LogP contribution in [0.5, 0.6) is 5.75 Å². The van der Waals surface area contributed by atoms with Crippen molar-refractivity contribution in [2.45, 2.75) is 6.61 Å². The topological polar surface area (TPSA) is 48.7 Å². The zero-order valence-electron chi connectivity index (χ0n) is 12.7. The SMILES string of the molecule is COc1ccc(COC(=O)c2occc2-c2ccccc2)cc1. The van der Waals surface area contributed by atoms with Crippen LogP contribution in [0.25, 0.3) is 11.1 Å². The molecule has 4 heteroatoms. The van der Waals surface area contributed by atoms with Crippen LogP contribution >= 0.6 is 0 Å². The number of esters is 1. The fourth-order valence-corrected chi connectivity index (χ4v) is 2.25. The molecule has 116 valence electrons. The highest BCUT2D eigenvalue weighted by Gasteiger charge is 2.18. The summed E-state index contributed by atoms with van der Waals surface area (Å²) in [6, 6.07) is 18.7. The Morgan fingerprint density at radius 2 is 1.74 bits per heavy atom. The number of benzene rings is 2. The third-order valence-electron chi connectivity index (χ3n) is 3.46. The van der Waals surface area contributed by atoms with Crippen LogP contribution in [0.3, 0.4) is 0 Å². The Morgan fingerprint density at radius 1 is 1.00 bits per heavy atom. The molecule has 0 saturated carbocycles. The lowest BCUT2D eigenvalue weighted by atomic mass is 10.1. The van der Waals surface area contributed by atoms with E-state index in [0.717, 1.165) is 22.4 Å². The second-order valence-electron chi connectivity index (χ2n) is 4.95. The second-order valence-corrected chi connectivity index (χ2v) is 4.95. The van der Waals surface area contributed by atoms with Crippen molar-refractivity contribution >= 4 is 5.97 Å². The molecule has 0 saturated heterocycles. The molecular weight excluding hydrogens is 292 g/mol.